The zero-order chi connectivity index (χ0) is 13.9. The molecule has 20 heavy (non-hydrogen) atoms. The topological polar surface area (TPSA) is 73.3 Å². The van der Waals surface area contributed by atoms with E-state index in [2.05, 4.69) is 36.4 Å². The van der Waals surface area contributed by atoms with Gasteiger partial charge in [0.2, 0.25) is 5.95 Å². The van der Waals surface area contributed by atoms with Crippen molar-refractivity contribution in [3.05, 3.63) is 52.5 Å². The molecule has 0 aliphatic rings. The number of aromatic hydroxyl groups is 1. The lowest BCUT2D eigenvalue weighted by Gasteiger charge is -1.99. The fourth-order valence-electron chi connectivity index (χ4n) is 1.80. The minimum absolute atomic E-state index is 0.170. The predicted octanol–water partition coefficient (Wildman–Crippen LogP) is 3.48. The molecule has 6 heteroatoms. The second-order valence-corrected chi connectivity index (χ2v) is 5.09. The number of phenols is 1. The van der Waals surface area contributed by atoms with Gasteiger partial charge in [0, 0.05) is 10.0 Å². The van der Waals surface area contributed by atoms with Crippen LogP contribution in [0, 0.1) is 0 Å². The first-order valence-electron chi connectivity index (χ1n) is 5.95. The van der Waals surface area contributed by atoms with Crippen molar-refractivity contribution >= 4 is 39.1 Å². The summed E-state index contributed by atoms with van der Waals surface area (Å²) in [6, 6.07) is 12.9. The number of para-hydroxylation sites is 2. The number of aromatic nitrogens is 2. The van der Waals surface area contributed by atoms with E-state index >= 15 is 0 Å². The summed E-state index contributed by atoms with van der Waals surface area (Å²) in [6.07, 6.45) is 1.54. The molecule has 2 aromatic carbocycles. The lowest BCUT2D eigenvalue weighted by Crippen LogP contribution is -1.92. The first-order chi connectivity index (χ1) is 9.72. The average Bonchev–Trinajstić information content (AvgIpc) is 2.85. The molecule has 0 aliphatic carbocycles. The van der Waals surface area contributed by atoms with Gasteiger partial charge in [0.1, 0.15) is 5.75 Å². The number of anilines is 1. The molecular weight excluding hydrogens is 320 g/mol. The Morgan fingerprint density at radius 3 is 2.95 bits per heavy atom. The Hall–Kier alpha value is -2.34. The van der Waals surface area contributed by atoms with Crippen LogP contribution in [0.5, 0.6) is 5.75 Å². The number of halogens is 1. The lowest BCUT2D eigenvalue weighted by atomic mass is 10.2. The van der Waals surface area contributed by atoms with Crippen molar-refractivity contribution in [3.8, 4) is 5.75 Å². The van der Waals surface area contributed by atoms with Crippen molar-refractivity contribution in [1.29, 1.82) is 0 Å². The van der Waals surface area contributed by atoms with E-state index in [0.29, 0.717) is 11.5 Å². The summed E-state index contributed by atoms with van der Waals surface area (Å²) in [5, 5.41) is 13.7. The SMILES string of the molecule is Oc1ccc(Br)cc1/C=N\Nc1nc2ccccc2[nH]1. The molecule has 5 nitrogen and oxygen atoms in total. The van der Waals surface area contributed by atoms with Gasteiger partial charge in [-0.1, -0.05) is 28.1 Å². The zero-order valence-corrected chi connectivity index (χ0v) is 11.9. The fourth-order valence-corrected chi connectivity index (χ4v) is 2.18. The standard InChI is InChI=1S/C14H11BrN4O/c15-10-5-6-13(20)9(7-10)8-16-19-14-17-11-3-1-2-4-12(11)18-14/h1-8,20H,(H2,17,18,19)/b16-8-. The van der Waals surface area contributed by atoms with Gasteiger partial charge in [0.25, 0.3) is 0 Å². The Bertz CT molecular complexity index is 749. The van der Waals surface area contributed by atoms with E-state index in [1.165, 1.54) is 6.21 Å². The van der Waals surface area contributed by atoms with Gasteiger partial charge in [-0.05, 0) is 30.3 Å². The summed E-state index contributed by atoms with van der Waals surface area (Å²) >= 11 is 3.34. The summed E-state index contributed by atoms with van der Waals surface area (Å²) in [5.74, 6) is 0.722. The number of phenolic OH excluding ortho intramolecular Hbond substituents is 1. The van der Waals surface area contributed by atoms with Crippen LogP contribution in [0.25, 0.3) is 11.0 Å². The Labute approximate surface area is 123 Å². The van der Waals surface area contributed by atoms with Crippen LogP contribution in [0.4, 0.5) is 5.95 Å². The highest BCUT2D eigenvalue weighted by atomic mass is 79.9. The van der Waals surface area contributed by atoms with Gasteiger partial charge < -0.3 is 10.1 Å². The maximum absolute atomic E-state index is 9.68. The van der Waals surface area contributed by atoms with Crippen LogP contribution in [0.15, 0.2) is 52.0 Å². The molecule has 0 spiro atoms. The molecule has 0 saturated heterocycles. The monoisotopic (exact) mass is 330 g/mol. The number of benzene rings is 2. The summed E-state index contributed by atoms with van der Waals surface area (Å²) < 4.78 is 0.875. The van der Waals surface area contributed by atoms with E-state index in [1.54, 1.807) is 18.2 Å². The van der Waals surface area contributed by atoms with E-state index < -0.39 is 0 Å². The van der Waals surface area contributed by atoms with Gasteiger partial charge in [-0.15, -0.1) is 0 Å². The Kier molecular flexibility index (Phi) is 3.39. The van der Waals surface area contributed by atoms with E-state index in [4.69, 9.17) is 0 Å². The maximum atomic E-state index is 9.68. The van der Waals surface area contributed by atoms with Crippen molar-refractivity contribution in [2.45, 2.75) is 0 Å². The molecule has 0 amide bonds. The van der Waals surface area contributed by atoms with Crippen LogP contribution in [-0.2, 0) is 0 Å². The number of fused-ring (bicyclic) bond motifs is 1. The molecule has 1 heterocycles. The number of nitrogens with zero attached hydrogens (tertiary/aromatic N) is 2. The van der Waals surface area contributed by atoms with Gasteiger partial charge in [0.05, 0.1) is 17.2 Å². The number of aromatic amines is 1. The van der Waals surface area contributed by atoms with Crippen molar-refractivity contribution in [2.75, 3.05) is 5.43 Å². The Morgan fingerprint density at radius 2 is 2.10 bits per heavy atom. The van der Waals surface area contributed by atoms with Crippen LogP contribution < -0.4 is 5.43 Å². The molecule has 3 N–H and O–H groups in total. The largest absolute Gasteiger partial charge is 0.507 e. The maximum Gasteiger partial charge on any atom is 0.222 e. The predicted molar refractivity (Wildman–Crippen MR) is 83.1 cm³/mol. The third-order valence-electron chi connectivity index (χ3n) is 2.75. The highest BCUT2D eigenvalue weighted by molar-refractivity contribution is 9.10. The number of nitrogens with one attached hydrogen (secondary N) is 2. The summed E-state index contributed by atoms with van der Waals surface area (Å²) in [7, 11) is 0. The van der Waals surface area contributed by atoms with Gasteiger partial charge in [-0.25, -0.2) is 10.4 Å². The lowest BCUT2D eigenvalue weighted by molar-refractivity contribution is 0.474. The first-order valence-corrected chi connectivity index (χ1v) is 6.74. The van der Waals surface area contributed by atoms with Gasteiger partial charge >= 0.3 is 0 Å². The minimum atomic E-state index is 0.170. The molecule has 0 aliphatic heterocycles. The number of rotatable bonds is 3. The summed E-state index contributed by atoms with van der Waals surface area (Å²) in [4.78, 5) is 7.43. The van der Waals surface area contributed by atoms with E-state index in [9.17, 15) is 5.11 Å². The molecule has 3 aromatic rings. The average molecular weight is 331 g/mol. The normalized spacial score (nSPS) is 11.2. The first kappa shape index (κ1) is 12.7. The van der Waals surface area contributed by atoms with E-state index in [0.717, 1.165) is 15.5 Å². The fraction of sp³-hybridized carbons (Fsp3) is 0. The summed E-state index contributed by atoms with van der Waals surface area (Å²) in [6.45, 7) is 0. The van der Waals surface area contributed by atoms with Crippen molar-refractivity contribution < 1.29 is 5.11 Å². The van der Waals surface area contributed by atoms with Crippen LogP contribution in [0.3, 0.4) is 0 Å². The highest BCUT2D eigenvalue weighted by Gasteiger charge is 2.01. The smallest absolute Gasteiger partial charge is 0.222 e. The molecule has 3 rings (SSSR count). The third-order valence-corrected chi connectivity index (χ3v) is 3.25. The van der Waals surface area contributed by atoms with Gasteiger partial charge in [-0.3, -0.25) is 0 Å². The van der Waals surface area contributed by atoms with Crippen LogP contribution >= 0.6 is 15.9 Å². The second-order valence-electron chi connectivity index (χ2n) is 4.18. The van der Waals surface area contributed by atoms with Crippen LogP contribution in [0.2, 0.25) is 0 Å². The third kappa shape index (κ3) is 2.65. The van der Waals surface area contributed by atoms with Crippen molar-refractivity contribution in [1.82, 2.24) is 9.97 Å². The molecule has 0 saturated carbocycles. The van der Waals surface area contributed by atoms with Crippen LogP contribution in [0.1, 0.15) is 5.56 Å². The minimum Gasteiger partial charge on any atom is -0.507 e. The van der Waals surface area contributed by atoms with E-state index in [1.807, 2.05) is 24.3 Å². The van der Waals surface area contributed by atoms with Gasteiger partial charge in [0.15, 0.2) is 0 Å². The molecule has 0 fully saturated rings. The highest BCUT2D eigenvalue weighted by Crippen LogP contribution is 2.20. The number of hydrazone groups is 1. The van der Waals surface area contributed by atoms with Gasteiger partial charge in [-0.2, -0.15) is 5.10 Å². The second kappa shape index (κ2) is 5.34. The number of H-pyrrole nitrogens is 1. The Balaban J connectivity index is 1.78. The van der Waals surface area contributed by atoms with Crippen molar-refractivity contribution in [3.63, 3.8) is 0 Å². The molecule has 0 bridgehead atoms. The van der Waals surface area contributed by atoms with E-state index in [-0.39, 0.29) is 5.75 Å². The molecule has 1 aromatic heterocycles. The summed E-state index contributed by atoms with van der Waals surface area (Å²) in [5.41, 5.74) is 5.23. The molecule has 0 atom stereocenters. The van der Waals surface area contributed by atoms with Crippen LogP contribution in [-0.4, -0.2) is 21.3 Å². The molecule has 0 radical (unpaired) electrons. The quantitative estimate of drug-likeness (QED) is 0.508. The number of hydrogen-bond donors (Lipinski definition) is 3. The number of hydrogen-bond acceptors (Lipinski definition) is 4. The molecular formula is C14H11BrN4O. The number of imidazole rings is 1. The molecule has 100 valence electrons. The Morgan fingerprint density at radius 1 is 1.25 bits per heavy atom. The molecule has 0 unspecified atom stereocenters. The zero-order valence-electron chi connectivity index (χ0n) is 10.3. The van der Waals surface area contributed by atoms with Crippen molar-refractivity contribution in [2.24, 2.45) is 5.10 Å².